The first-order valence-electron chi connectivity index (χ1n) is 8.35. The molecule has 128 valence electrons. The fraction of sp³-hybridized carbons (Fsp3) is 0.556. The van der Waals surface area contributed by atoms with Crippen LogP contribution in [0.5, 0.6) is 0 Å². The van der Waals surface area contributed by atoms with Crippen LogP contribution in [-0.4, -0.2) is 23.5 Å². The Labute approximate surface area is 137 Å². The second-order valence-electron chi connectivity index (χ2n) is 5.74. The summed E-state index contributed by atoms with van der Waals surface area (Å²) in [5.74, 6) is -1.35. The van der Waals surface area contributed by atoms with Gasteiger partial charge >= 0.3 is 5.97 Å². The van der Waals surface area contributed by atoms with Crippen LogP contribution in [0.15, 0.2) is 24.3 Å². The Kier molecular flexibility index (Phi) is 9.68. The van der Waals surface area contributed by atoms with Gasteiger partial charge in [0.15, 0.2) is 0 Å². The normalized spacial score (nSPS) is 10.5. The lowest BCUT2D eigenvalue weighted by Crippen LogP contribution is -2.24. The topological polar surface area (TPSA) is 66.4 Å². The minimum Gasteiger partial charge on any atom is -0.481 e. The summed E-state index contributed by atoms with van der Waals surface area (Å²) in [5, 5.41) is 11.3. The SMILES string of the molecule is O=C(O)CCCCCCCCCCNC(=O)c1cccc(F)c1. The molecule has 0 aliphatic heterocycles. The Bertz CT molecular complexity index is 491. The fourth-order valence-electron chi connectivity index (χ4n) is 2.40. The summed E-state index contributed by atoms with van der Waals surface area (Å²) in [7, 11) is 0. The van der Waals surface area contributed by atoms with Crippen LogP contribution >= 0.6 is 0 Å². The van der Waals surface area contributed by atoms with Crippen molar-refractivity contribution < 1.29 is 19.1 Å². The van der Waals surface area contributed by atoms with Gasteiger partial charge in [0.1, 0.15) is 5.82 Å². The van der Waals surface area contributed by atoms with Crippen LogP contribution in [0.2, 0.25) is 0 Å². The van der Waals surface area contributed by atoms with Gasteiger partial charge in [0.25, 0.3) is 5.91 Å². The molecule has 4 nitrogen and oxygen atoms in total. The lowest BCUT2D eigenvalue weighted by molar-refractivity contribution is -0.137. The van der Waals surface area contributed by atoms with Crippen molar-refractivity contribution in [2.45, 2.75) is 57.8 Å². The summed E-state index contributed by atoms with van der Waals surface area (Å²) < 4.78 is 13.0. The monoisotopic (exact) mass is 323 g/mol. The molecule has 0 saturated carbocycles. The first-order valence-corrected chi connectivity index (χ1v) is 8.35. The molecule has 1 rings (SSSR count). The van der Waals surface area contributed by atoms with E-state index in [0.29, 0.717) is 12.1 Å². The number of carboxylic acids is 1. The third-order valence-electron chi connectivity index (χ3n) is 3.69. The van der Waals surface area contributed by atoms with Crippen LogP contribution in [0.25, 0.3) is 0 Å². The Morgan fingerprint density at radius 2 is 1.57 bits per heavy atom. The zero-order valence-corrected chi connectivity index (χ0v) is 13.5. The molecule has 0 aromatic heterocycles. The average molecular weight is 323 g/mol. The summed E-state index contributed by atoms with van der Waals surface area (Å²) in [6.07, 6.45) is 8.47. The number of benzene rings is 1. The molecule has 0 saturated heterocycles. The van der Waals surface area contributed by atoms with Crippen molar-refractivity contribution in [2.75, 3.05) is 6.54 Å². The highest BCUT2D eigenvalue weighted by atomic mass is 19.1. The molecule has 0 bridgehead atoms. The van der Waals surface area contributed by atoms with Crippen LogP contribution in [-0.2, 0) is 4.79 Å². The Morgan fingerprint density at radius 3 is 2.17 bits per heavy atom. The summed E-state index contributed by atoms with van der Waals surface area (Å²) in [5.41, 5.74) is 0.353. The van der Waals surface area contributed by atoms with Crippen LogP contribution < -0.4 is 5.32 Å². The molecule has 1 amide bonds. The molecule has 0 radical (unpaired) electrons. The average Bonchev–Trinajstić information content (AvgIpc) is 2.52. The third-order valence-corrected chi connectivity index (χ3v) is 3.69. The summed E-state index contributed by atoms with van der Waals surface area (Å²) in [6, 6.07) is 5.68. The highest BCUT2D eigenvalue weighted by Gasteiger charge is 2.05. The van der Waals surface area contributed by atoms with Gasteiger partial charge in [-0.25, -0.2) is 4.39 Å². The van der Waals surface area contributed by atoms with Crippen molar-refractivity contribution in [3.63, 3.8) is 0 Å². The Morgan fingerprint density at radius 1 is 0.957 bits per heavy atom. The smallest absolute Gasteiger partial charge is 0.303 e. The molecule has 1 aromatic rings. The van der Waals surface area contributed by atoms with Crippen LogP contribution in [0.1, 0.15) is 68.1 Å². The van der Waals surface area contributed by atoms with E-state index in [4.69, 9.17) is 5.11 Å². The van der Waals surface area contributed by atoms with E-state index in [1.807, 2.05) is 0 Å². The number of nitrogens with one attached hydrogen (secondary N) is 1. The molecule has 0 atom stereocenters. The molecule has 0 heterocycles. The Balaban J connectivity index is 1.93. The predicted octanol–water partition coefficient (Wildman–Crippen LogP) is 4.15. The maximum atomic E-state index is 13.0. The largest absolute Gasteiger partial charge is 0.481 e. The van der Waals surface area contributed by atoms with Gasteiger partial charge in [-0.05, 0) is 31.0 Å². The molecule has 2 N–H and O–H groups in total. The van der Waals surface area contributed by atoms with Crippen molar-refractivity contribution in [3.05, 3.63) is 35.6 Å². The van der Waals surface area contributed by atoms with Crippen LogP contribution in [0.3, 0.4) is 0 Å². The lowest BCUT2D eigenvalue weighted by Gasteiger charge is -2.05. The number of hydrogen-bond acceptors (Lipinski definition) is 2. The van der Waals surface area contributed by atoms with Crippen molar-refractivity contribution in [3.8, 4) is 0 Å². The number of hydrogen-bond donors (Lipinski definition) is 2. The number of aliphatic carboxylic acids is 1. The van der Waals surface area contributed by atoms with E-state index in [1.54, 1.807) is 6.07 Å². The first kappa shape index (κ1) is 19.1. The summed E-state index contributed by atoms with van der Waals surface area (Å²) in [4.78, 5) is 22.1. The van der Waals surface area contributed by atoms with Crippen molar-refractivity contribution >= 4 is 11.9 Å². The zero-order valence-electron chi connectivity index (χ0n) is 13.5. The molecule has 0 spiro atoms. The number of rotatable bonds is 12. The van der Waals surface area contributed by atoms with Crippen LogP contribution in [0.4, 0.5) is 4.39 Å². The van der Waals surface area contributed by atoms with E-state index in [9.17, 15) is 14.0 Å². The predicted molar refractivity (Wildman–Crippen MR) is 87.9 cm³/mol. The van der Waals surface area contributed by atoms with Gasteiger partial charge in [0.05, 0.1) is 0 Å². The summed E-state index contributed by atoms with van der Waals surface area (Å²) in [6.45, 7) is 0.605. The quantitative estimate of drug-likeness (QED) is 0.568. The second-order valence-corrected chi connectivity index (χ2v) is 5.74. The summed E-state index contributed by atoms with van der Waals surface area (Å²) >= 11 is 0. The minimum absolute atomic E-state index is 0.233. The molecular weight excluding hydrogens is 297 g/mol. The van der Waals surface area contributed by atoms with E-state index >= 15 is 0 Å². The molecule has 5 heteroatoms. The van der Waals surface area contributed by atoms with E-state index in [-0.39, 0.29) is 12.3 Å². The molecule has 1 aromatic carbocycles. The van der Waals surface area contributed by atoms with Gasteiger partial charge in [-0.3, -0.25) is 9.59 Å². The minimum atomic E-state index is -0.717. The maximum absolute atomic E-state index is 13.0. The van der Waals surface area contributed by atoms with Gasteiger partial charge < -0.3 is 10.4 Å². The molecule has 23 heavy (non-hydrogen) atoms. The number of unbranched alkanes of at least 4 members (excludes halogenated alkanes) is 7. The van der Waals surface area contributed by atoms with E-state index in [1.165, 1.54) is 18.2 Å². The number of carboxylic acid groups (broad SMARTS) is 1. The van der Waals surface area contributed by atoms with Gasteiger partial charge in [-0.2, -0.15) is 0 Å². The zero-order chi connectivity index (χ0) is 16.9. The first-order chi connectivity index (χ1) is 11.1. The van der Waals surface area contributed by atoms with Crippen LogP contribution in [0, 0.1) is 5.82 Å². The third kappa shape index (κ3) is 9.66. The second kappa shape index (κ2) is 11.6. The molecule has 0 aliphatic carbocycles. The number of carbonyl (C=O) groups is 2. The molecule has 0 unspecified atom stereocenters. The van der Waals surface area contributed by atoms with Gasteiger partial charge in [-0.1, -0.05) is 44.6 Å². The molecule has 0 fully saturated rings. The lowest BCUT2D eigenvalue weighted by atomic mass is 10.1. The van der Waals surface area contributed by atoms with Gasteiger partial charge in [-0.15, -0.1) is 0 Å². The number of amides is 1. The standard InChI is InChI=1S/C18H26FNO3/c19-16-11-9-10-15(14-16)18(23)20-13-8-6-4-2-1-3-5-7-12-17(21)22/h9-11,14H,1-8,12-13H2,(H,20,23)(H,21,22). The number of halogens is 1. The van der Waals surface area contributed by atoms with Crippen molar-refractivity contribution in [1.82, 2.24) is 5.32 Å². The van der Waals surface area contributed by atoms with Gasteiger partial charge in [0, 0.05) is 18.5 Å². The molecule has 0 aliphatic rings. The van der Waals surface area contributed by atoms with Crippen molar-refractivity contribution in [1.29, 1.82) is 0 Å². The van der Waals surface area contributed by atoms with E-state index in [2.05, 4.69) is 5.32 Å². The van der Waals surface area contributed by atoms with Crippen molar-refractivity contribution in [2.24, 2.45) is 0 Å². The Hall–Kier alpha value is -1.91. The van der Waals surface area contributed by atoms with Gasteiger partial charge in [0.2, 0.25) is 0 Å². The van der Waals surface area contributed by atoms with E-state index < -0.39 is 11.8 Å². The highest BCUT2D eigenvalue weighted by Crippen LogP contribution is 2.09. The highest BCUT2D eigenvalue weighted by molar-refractivity contribution is 5.94. The fourth-order valence-corrected chi connectivity index (χ4v) is 2.40. The van der Waals surface area contributed by atoms with E-state index in [0.717, 1.165) is 51.4 Å². The number of carbonyl (C=O) groups excluding carboxylic acids is 1. The molecular formula is C18H26FNO3. The maximum Gasteiger partial charge on any atom is 0.303 e.